The molecule has 1 fully saturated rings. The molecule has 0 aliphatic carbocycles. The van der Waals surface area contributed by atoms with E-state index in [1.54, 1.807) is 0 Å². The summed E-state index contributed by atoms with van der Waals surface area (Å²) in [4.78, 5) is 11.2. The average molecular weight is 206 g/mol. The number of hydrogen-bond acceptors (Lipinski definition) is 4. The topological polar surface area (TPSA) is 61.5 Å². The molecule has 0 spiro atoms. The molecule has 2 aliphatic rings. The zero-order valence-electron chi connectivity index (χ0n) is 7.17. The van der Waals surface area contributed by atoms with Gasteiger partial charge < -0.3 is 15.2 Å². The molecule has 2 aliphatic heterocycles. The van der Waals surface area contributed by atoms with E-state index in [-0.39, 0.29) is 42.5 Å². The van der Waals surface area contributed by atoms with Gasteiger partial charge in [-0.1, -0.05) is 12.2 Å². The Morgan fingerprint density at radius 2 is 2.08 bits per heavy atom. The van der Waals surface area contributed by atoms with Crippen molar-refractivity contribution in [2.45, 2.75) is 18.2 Å². The van der Waals surface area contributed by atoms with Gasteiger partial charge in [-0.15, -0.1) is 12.4 Å². The third kappa shape index (κ3) is 1.45. The van der Waals surface area contributed by atoms with Gasteiger partial charge in [-0.05, 0) is 0 Å². The first kappa shape index (κ1) is 10.5. The summed E-state index contributed by atoms with van der Waals surface area (Å²) in [6.45, 7) is 0. The van der Waals surface area contributed by atoms with Crippen molar-refractivity contribution in [3.05, 3.63) is 12.2 Å². The number of carbonyl (C=O) groups is 1. The Balaban J connectivity index is 0.000000845. The number of fused-ring (bicyclic) bond motifs is 2. The molecule has 4 unspecified atom stereocenters. The SMILES string of the molecule is COC(=O)C1C2C=CC(O2)C1N.Cl. The zero-order valence-corrected chi connectivity index (χ0v) is 7.99. The molecule has 5 heteroatoms. The number of hydrogen-bond donors (Lipinski definition) is 1. The molecule has 0 saturated carbocycles. The predicted octanol–water partition coefficient (Wildman–Crippen LogP) is -0.138. The number of halogens is 1. The highest BCUT2D eigenvalue weighted by Gasteiger charge is 2.48. The minimum absolute atomic E-state index is 0. The second kappa shape index (κ2) is 3.65. The minimum Gasteiger partial charge on any atom is -0.469 e. The van der Waals surface area contributed by atoms with E-state index in [9.17, 15) is 4.79 Å². The van der Waals surface area contributed by atoms with Crippen LogP contribution in [0, 0.1) is 5.92 Å². The average Bonchev–Trinajstić information content (AvgIpc) is 2.63. The van der Waals surface area contributed by atoms with Crippen molar-refractivity contribution >= 4 is 18.4 Å². The maximum atomic E-state index is 11.2. The Bertz CT molecular complexity index is 244. The van der Waals surface area contributed by atoms with Gasteiger partial charge in [0.15, 0.2) is 0 Å². The number of rotatable bonds is 1. The van der Waals surface area contributed by atoms with Crippen molar-refractivity contribution < 1.29 is 14.3 Å². The lowest BCUT2D eigenvalue weighted by molar-refractivity contribution is -0.146. The second-order valence-electron chi connectivity index (χ2n) is 3.08. The maximum absolute atomic E-state index is 11.2. The van der Waals surface area contributed by atoms with Crippen molar-refractivity contribution in [1.82, 2.24) is 0 Å². The van der Waals surface area contributed by atoms with Gasteiger partial charge in [0.1, 0.15) is 5.92 Å². The molecule has 1 saturated heterocycles. The summed E-state index contributed by atoms with van der Waals surface area (Å²) in [6, 6.07) is -0.243. The lowest BCUT2D eigenvalue weighted by Gasteiger charge is -2.18. The number of methoxy groups -OCH3 is 1. The van der Waals surface area contributed by atoms with Gasteiger partial charge in [0.05, 0.1) is 25.4 Å². The summed E-state index contributed by atoms with van der Waals surface area (Å²) in [6.07, 6.45) is 3.50. The van der Waals surface area contributed by atoms with Crippen LogP contribution < -0.4 is 5.73 Å². The molecule has 2 rings (SSSR count). The molecule has 0 aromatic heterocycles. The highest BCUT2D eigenvalue weighted by molar-refractivity contribution is 5.85. The van der Waals surface area contributed by atoms with E-state index in [1.165, 1.54) is 7.11 Å². The normalized spacial score (nSPS) is 40.2. The summed E-state index contributed by atoms with van der Waals surface area (Å²) in [7, 11) is 1.37. The fraction of sp³-hybridized carbons (Fsp3) is 0.625. The summed E-state index contributed by atoms with van der Waals surface area (Å²) in [5.74, 6) is -0.593. The Morgan fingerprint density at radius 3 is 2.54 bits per heavy atom. The van der Waals surface area contributed by atoms with Gasteiger partial charge >= 0.3 is 5.97 Å². The van der Waals surface area contributed by atoms with Gasteiger partial charge in [-0.25, -0.2) is 0 Å². The standard InChI is InChI=1S/C8H11NO3.ClH/c1-11-8(10)6-4-2-3-5(12-4)7(6)9;/h2-7H,9H2,1H3;1H. The first-order chi connectivity index (χ1) is 5.74. The molecule has 4 nitrogen and oxygen atoms in total. The molecule has 2 bridgehead atoms. The van der Waals surface area contributed by atoms with Crippen molar-refractivity contribution in [1.29, 1.82) is 0 Å². The van der Waals surface area contributed by atoms with E-state index < -0.39 is 0 Å². The maximum Gasteiger partial charge on any atom is 0.313 e. The number of carbonyl (C=O) groups excluding carboxylic acids is 1. The smallest absolute Gasteiger partial charge is 0.313 e. The molecule has 2 heterocycles. The lowest BCUT2D eigenvalue weighted by Crippen LogP contribution is -2.42. The van der Waals surface area contributed by atoms with E-state index in [1.807, 2.05) is 12.2 Å². The van der Waals surface area contributed by atoms with Crippen molar-refractivity contribution in [3.8, 4) is 0 Å². The van der Waals surface area contributed by atoms with Crippen LogP contribution in [0.4, 0.5) is 0 Å². The zero-order chi connectivity index (χ0) is 8.72. The first-order valence-corrected chi connectivity index (χ1v) is 3.91. The predicted molar refractivity (Wildman–Crippen MR) is 48.5 cm³/mol. The van der Waals surface area contributed by atoms with Crippen LogP contribution in [0.15, 0.2) is 12.2 Å². The molecule has 0 aromatic rings. The quantitative estimate of drug-likeness (QED) is 0.478. The molecular weight excluding hydrogens is 194 g/mol. The summed E-state index contributed by atoms with van der Waals surface area (Å²) < 4.78 is 10.0. The van der Waals surface area contributed by atoms with Crippen LogP contribution in [0.1, 0.15) is 0 Å². The molecule has 74 valence electrons. The van der Waals surface area contributed by atoms with Crippen LogP contribution in [0.3, 0.4) is 0 Å². The van der Waals surface area contributed by atoms with Crippen molar-refractivity contribution in [2.24, 2.45) is 11.7 Å². The molecule has 0 amide bonds. The Kier molecular flexibility index (Phi) is 2.95. The Morgan fingerprint density at radius 1 is 1.46 bits per heavy atom. The van der Waals surface area contributed by atoms with Crippen LogP contribution in [0.2, 0.25) is 0 Å². The van der Waals surface area contributed by atoms with Crippen LogP contribution in [-0.2, 0) is 14.3 Å². The fourth-order valence-corrected chi connectivity index (χ4v) is 1.77. The van der Waals surface area contributed by atoms with E-state index in [0.29, 0.717) is 0 Å². The van der Waals surface area contributed by atoms with Crippen LogP contribution in [-0.4, -0.2) is 31.3 Å². The molecule has 0 radical (unpaired) electrons. The number of ether oxygens (including phenoxy) is 2. The van der Waals surface area contributed by atoms with Crippen LogP contribution >= 0.6 is 12.4 Å². The Labute approximate surface area is 82.5 Å². The highest BCUT2D eigenvalue weighted by atomic mass is 35.5. The van der Waals surface area contributed by atoms with Gasteiger partial charge in [0.2, 0.25) is 0 Å². The molecule has 13 heavy (non-hydrogen) atoms. The highest BCUT2D eigenvalue weighted by Crippen LogP contribution is 2.33. The van der Waals surface area contributed by atoms with E-state index in [4.69, 9.17) is 10.5 Å². The second-order valence-corrected chi connectivity index (χ2v) is 3.08. The summed E-state index contributed by atoms with van der Waals surface area (Å²) in [5.41, 5.74) is 5.76. The number of esters is 1. The monoisotopic (exact) mass is 205 g/mol. The fourth-order valence-electron chi connectivity index (χ4n) is 1.77. The molecule has 0 aromatic carbocycles. The van der Waals surface area contributed by atoms with E-state index in [2.05, 4.69) is 4.74 Å². The summed E-state index contributed by atoms with van der Waals surface area (Å²) >= 11 is 0. The Hall–Kier alpha value is -0.580. The largest absolute Gasteiger partial charge is 0.469 e. The third-order valence-corrected chi connectivity index (χ3v) is 2.43. The van der Waals surface area contributed by atoms with E-state index >= 15 is 0 Å². The van der Waals surface area contributed by atoms with Gasteiger partial charge in [-0.3, -0.25) is 4.79 Å². The lowest BCUT2D eigenvalue weighted by atomic mass is 9.90. The van der Waals surface area contributed by atoms with Gasteiger partial charge in [0.25, 0.3) is 0 Å². The first-order valence-electron chi connectivity index (χ1n) is 3.91. The van der Waals surface area contributed by atoms with Gasteiger partial charge in [-0.2, -0.15) is 0 Å². The minimum atomic E-state index is -0.315. The number of nitrogens with two attached hydrogens (primary N) is 1. The van der Waals surface area contributed by atoms with Crippen molar-refractivity contribution in [3.63, 3.8) is 0 Å². The van der Waals surface area contributed by atoms with Crippen molar-refractivity contribution in [2.75, 3.05) is 7.11 Å². The molecular formula is C8H12ClNO3. The molecule has 4 atom stereocenters. The van der Waals surface area contributed by atoms with Gasteiger partial charge in [0, 0.05) is 0 Å². The van der Waals surface area contributed by atoms with Crippen LogP contribution in [0.25, 0.3) is 0 Å². The summed E-state index contributed by atoms with van der Waals surface area (Å²) in [5, 5.41) is 0. The molecule has 2 N–H and O–H groups in total. The van der Waals surface area contributed by atoms with Crippen LogP contribution in [0.5, 0.6) is 0 Å². The third-order valence-electron chi connectivity index (χ3n) is 2.43. The van der Waals surface area contributed by atoms with E-state index in [0.717, 1.165) is 0 Å².